The molecule has 0 heterocycles. The Kier molecular flexibility index (Phi) is 8.10. The Morgan fingerprint density at radius 2 is 1.53 bits per heavy atom. The number of carbonyl (C=O) groups excluding carboxylic acids is 2. The van der Waals surface area contributed by atoms with E-state index in [2.05, 4.69) is 10.6 Å². The molecule has 7 nitrogen and oxygen atoms in total. The molecule has 1 atom stereocenters. The molecule has 0 spiro atoms. The van der Waals surface area contributed by atoms with Gasteiger partial charge in [0.2, 0.25) is 5.91 Å². The summed E-state index contributed by atoms with van der Waals surface area (Å²) in [7, 11) is 0. The first-order valence-electron chi connectivity index (χ1n) is 12.5. The predicted molar refractivity (Wildman–Crippen MR) is 141 cm³/mol. The number of hydrogen-bond donors (Lipinski definition) is 3. The third kappa shape index (κ3) is 6.56. The summed E-state index contributed by atoms with van der Waals surface area (Å²) >= 11 is 0. The molecule has 3 N–H and O–H groups in total. The maximum Gasteiger partial charge on any atom is 0.407 e. The predicted octanol–water partition coefficient (Wildman–Crippen LogP) is 5.04. The lowest BCUT2D eigenvalue weighted by molar-refractivity contribution is -0.137. The number of carboxylic acids is 1. The molecule has 2 amide bonds. The first kappa shape index (κ1) is 26.9. The summed E-state index contributed by atoms with van der Waals surface area (Å²) in [6.45, 7) is 3.68. The quantitative estimate of drug-likeness (QED) is 0.349. The standard InChI is InChI=1S/C30H31FN2O5/c1-30(2,17-19-11-13-20(31)14-12-19)33-28(36)26(15-16-27(34)35)32-29(37)38-18-25-23-9-5-3-7-21(23)22-8-4-6-10-24(22)25/h3-14,25-26H,15-18H2,1-2H3,(H,32,37)(H,33,36)(H,34,35). The van der Waals surface area contributed by atoms with Crippen LogP contribution in [0.25, 0.3) is 11.1 Å². The minimum Gasteiger partial charge on any atom is -0.481 e. The van der Waals surface area contributed by atoms with Crippen molar-refractivity contribution in [2.24, 2.45) is 0 Å². The molecule has 3 aromatic carbocycles. The average Bonchev–Trinajstić information content (AvgIpc) is 3.19. The van der Waals surface area contributed by atoms with Crippen LogP contribution in [0, 0.1) is 5.82 Å². The molecule has 198 valence electrons. The van der Waals surface area contributed by atoms with Crippen molar-refractivity contribution in [2.75, 3.05) is 6.61 Å². The summed E-state index contributed by atoms with van der Waals surface area (Å²) in [6.07, 6.45) is -0.790. The lowest BCUT2D eigenvalue weighted by Gasteiger charge is -2.29. The van der Waals surface area contributed by atoms with Crippen molar-refractivity contribution in [2.45, 2.75) is 50.6 Å². The van der Waals surface area contributed by atoms with Gasteiger partial charge in [-0.05, 0) is 66.6 Å². The maximum absolute atomic E-state index is 13.2. The second-order valence-electron chi connectivity index (χ2n) is 10.1. The molecule has 0 radical (unpaired) electrons. The highest BCUT2D eigenvalue weighted by molar-refractivity contribution is 5.86. The zero-order valence-electron chi connectivity index (χ0n) is 21.4. The first-order valence-corrected chi connectivity index (χ1v) is 12.5. The number of fused-ring (bicyclic) bond motifs is 3. The van der Waals surface area contributed by atoms with E-state index < -0.39 is 29.6 Å². The van der Waals surface area contributed by atoms with Crippen LogP contribution in [0.5, 0.6) is 0 Å². The van der Waals surface area contributed by atoms with E-state index in [4.69, 9.17) is 9.84 Å². The van der Waals surface area contributed by atoms with E-state index in [0.29, 0.717) is 6.42 Å². The van der Waals surface area contributed by atoms with Gasteiger partial charge in [-0.25, -0.2) is 9.18 Å². The molecule has 0 fully saturated rings. The van der Waals surface area contributed by atoms with E-state index >= 15 is 0 Å². The highest BCUT2D eigenvalue weighted by Gasteiger charge is 2.31. The molecule has 0 aromatic heterocycles. The zero-order valence-corrected chi connectivity index (χ0v) is 21.4. The minimum absolute atomic E-state index is 0.0726. The second-order valence-corrected chi connectivity index (χ2v) is 10.1. The Bertz CT molecular complexity index is 1280. The fraction of sp³-hybridized carbons (Fsp3) is 0.300. The smallest absolute Gasteiger partial charge is 0.407 e. The van der Waals surface area contributed by atoms with Crippen LogP contribution in [0.15, 0.2) is 72.8 Å². The van der Waals surface area contributed by atoms with Crippen LogP contribution >= 0.6 is 0 Å². The number of halogens is 1. The zero-order chi connectivity index (χ0) is 27.3. The molecule has 1 aliphatic carbocycles. The van der Waals surface area contributed by atoms with Crippen LogP contribution in [0.1, 0.15) is 49.3 Å². The van der Waals surface area contributed by atoms with Crippen molar-refractivity contribution in [3.63, 3.8) is 0 Å². The number of carbonyl (C=O) groups is 3. The lowest BCUT2D eigenvalue weighted by atomic mass is 9.94. The monoisotopic (exact) mass is 518 g/mol. The summed E-state index contributed by atoms with van der Waals surface area (Å²) in [5.41, 5.74) is 4.40. The number of amides is 2. The van der Waals surface area contributed by atoms with Crippen molar-refractivity contribution >= 4 is 18.0 Å². The minimum atomic E-state index is -1.10. The van der Waals surface area contributed by atoms with Gasteiger partial charge in [-0.3, -0.25) is 9.59 Å². The second kappa shape index (κ2) is 11.5. The number of hydrogen-bond acceptors (Lipinski definition) is 4. The van der Waals surface area contributed by atoms with Gasteiger partial charge in [0.1, 0.15) is 18.5 Å². The average molecular weight is 519 g/mol. The molecule has 0 saturated heterocycles. The Morgan fingerprint density at radius 3 is 2.11 bits per heavy atom. The van der Waals surface area contributed by atoms with Crippen LogP contribution in [-0.2, 0) is 20.7 Å². The van der Waals surface area contributed by atoms with Crippen LogP contribution in [-0.4, -0.2) is 41.3 Å². The van der Waals surface area contributed by atoms with Crippen molar-refractivity contribution in [3.05, 3.63) is 95.3 Å². The largest absolute Gasteiger partial charge is 0.481 e. The number of rotatable bonds is 10. The summed E-state index contributed by atoms with van der Waals surface area (Å²) < 4.78 is 18.8. The number of nitrogens with one attached hydrogen (secondary N) is 2. The van der Waals surface area contributed by atoms with Gasteiger partial charge in [0.25, 0.3) is 0 Å². The van der Waals surface area contributed by atoms with E-state index in [9.17, 15) is 18.8 Å². The van der Waals surface area contributed by atoms with Gasteiger partial charge in [-0.1, -0.05) is 60.7 Å². The van der Waals surface area contributed by atoms with Crippen LogP contribution in [0.4, 0.5) is 9.18 Å². The number of aliphatic carboxylic acids is 1. The third-order valence-corrected chi connectivity index (χ3v) is 6.62. The van der Waals surface area contributed by atoms with Gasteiger partial charge in [0, 0.05) is 17.9 Å². The molecule has 3 aromatic rings. The van der Waals surface area contributed by atoms with Crippen LogP contribution in [0.3, 0.4) is 0 Å². The fourth-order valence-corrected chi connectivity index (χ4v) is 4.90. The lowest BCUT2D eigenvalue weighted by Crippen LogP contribution is -2.54. The Balaban J connectivity index is 1.40. The molecule has 0 bridgehead atoms. The number of ether oxygens (including phenoxy) is 1. The SMILES string of the molecule is CC(C)(Cc1ccc(F)cc1)NC(=O)C(CCC(=O)O)NC(=O)OCC1c2ccccc2-c2ccccc21. The number of alkyl carbamates (subject to hydrolysis) is 1. The summed E-state index contributed by atoms with van der Waals surface area (Å²) in [4.78, 5) is 37.1. The first-order chi connectivity index (χ1) is 18.1. The molecule has 1 aliphatic rings. The molecule has 4 rings (SSSR count). The molecule has 1 unspecified atom stereocenters. The summed E-state index contributed by atoms with van der Waals surface area (Å²) in [5.74, 6) is -2.10. The van der Waals surface area contributed by atoms with Crippen molar-refractivity contribution in [1.29, 1.82) is 0 Å². The molecular weight excluding hydrogens is 487 g/mol. The van der Waals surface area contributed by atoms with Gasteiger partial charge in [0.15, 0.2) is 0 Å². The van der Waals surface area contributed by atoms with E-state index in [1.807, 2.05) is 48.5 Å². The topological polar surface area (TPSA) is 105 Å². The highest BCUT2D eigenvalue weighted by atomic mass is 19.1. The molecule has 0 aliphatic heterocycles. The summed E-state index contributed by atoms with van der Waals surface area (Å²) in [5, 5.41) is 14.6. The number of carboxylic acid groups (broad SMARTS) is 1. The van der Waals surface area contributed by atoms with Crippen molar-refractivity contribution in [3.8, 4) is 11.1 Å². The van der Waals surface area contributed by atoms with Gasteiger partial charge >= 0.3 is 12.1 Å². The highest BCUT2D eigenvalue weighted by Crippen LogP contribution is 2.44. The van der Waals surface area contributed by atoms with E-state index in [0.717, 1.165) is 27.8 Å². The van der Waals surface area contributed by atoms with E-state index in [-0.39, 0.29) is 31.2 Å². The van der Waals surface area contributed by atoms with Gasteiger partial charge in [0.05, 0.1) is 0 Å². The van der Waals surface area contributed by atoms with Crippen molar-refractivity contribution < 1.29 is 28.6 Å². The van der Waals surface area contributed by atoms with Gasteiger partial charge < -0.3 is 20.5 Å². The Labute approximate surface area is 221 Å². The third-order valence-electron chi connectivity index (χ3n) is 6.62. The van der Waals surface area contributed by atoms with Gasteiger partial charge in [-0.2, -0.15) is 0 Å². The Hall–Kier alpha value is -4.20. The van der Waals surface area contributed by atoms with Gasteiger partial charge in [-0.15, -0.1) is 0 Å². The van der Waals surface area contributed by atoms with Crippen LogP contribution in [0.2, 0.25) is 0 Å². The Morgan fingerprint density at radius 1 is 0.947 bits per heavy atom. The van der Waals surface area contributed by atoms with E-state index in [1.54, 1.807) is 26.0 Å². The molecule has 8 heteroatoms. The molecule has 0 saturated carbocycles. The molecule has 38 heavy (non-hydrogen) atoms. The fourth-order valence-electron chi connectivity index (χ4n) is 4.90. The normalized spacial score (nSPS) is 13.2. The summed E-state index contributed by atoms with van der Waals surface area (Å²) in [6, 6.07) is 20.8. The van der Waals surface area contributed by atoms with Crippen LogP contribution < -0.4 is 10.6 Å². The number of benzene rings is 3. The van der Waals surface area contributed by atoms with Crippen molar-refractivity contribution in [1.82, 2.24) is 10.6 Å². The maximum atomic E-state index is 13.2. The molecular formula is C30H31FN2O5. The van der Waals surface area contributed by atoms with E-state index in [1.165, 1.54) is 12.1 Å².